The minimum atomic E-state index is -0.286. The van der Waals surface area contributed by atoms with E-state index >= 15 is 0 Å². The van der Waals surface area contributed by atoms with E-state index in [4.69, 9.17) is 10.2 Å². The van der Waals surface area contributed by atoms with Gasteiger partial charge in [-0.3, -0.25) is 0 Å². The maximum absolute atomic E-state index is 12.1. The molecule has 94 valence electrons. The summed E-state index contributed by atoms with van der Waals surface area (Å²) in [4.78, 5) is 14.3. The van der Waals surface area contributed by atoms with E-state index in [1.54, 1.807) is 6.07 Å². The van der Waals surface area contributed by atoms with E-state index in [0.29, 0.717) is 16.8 Å². The van der Waals surface area contributed by atoms with E-state index in [-0.39, 0.29) is 11.5 Å². The third-order valence-corrected chi connectivity index (χ3v) is 3.69. The molecular weight excluding hydrogens is 228 g/mol. The second-order valence-corrected chi connectivity index (χ2v) is 4.96. The maximum atomic E-state index is 12.1. The maximum Gasteiger partial charge on any atom is 0.341 e. The second kappa shape index (κ2) is 4.14. The highest BCUT2D eigenvalue weighted by Crippen LogP contribution is 2.31. The van der Waals surface area contributed by atoms with Crippen LogP contribution in [0.4, 0.5) is 5.69 Å². The van der Waals surface area contributed by atoms with Gasteiger partial charge in [0.15, 0.2) is 0 Å². The summed E-state index contributed by atoms with van der Waals surface area (Å²) in [5.41, 5.74) is 7.68. The number of benzene rings is 1. The molecule has 2 aromatic rings. The van der Waals surface area contributed by atoms with Crippen molar-refractivity contribution in [1.82, 2.24) is 4.90 Å². The minimum absolute atomic E-state index is 0.191. The SMILES string of the molecule is CN1CCC(c2c(N)c3ccccc3oc2=O)C1. The van der Waals surface area contributed by atoms with Crippen molar-refractivity contribution in [2.45, 2.75) is 12.3 Å². The smallest absolute Gasteiger partial charge is 0.341 e. The van der Waals surface area contributed by atoms with Crippen molar-refractivity contribution in [2.24, 2.45) is 0 Å². The predicted molar refractivity (Wildman–Crippen MR) is 71.8 cm³/mol. The van der Waals surface area contributed by atoms with E-state index in [9.17, 15) is 4.79 Å². The Labute approximate surface area is 105 Å². The molecule has 1 atom stereocenters. The van der Waals surface area contributed by atoms with Gasteiger partial charge in [0.25, 0.3) is 0 Å². The van der Waals surface area contributed by atoms with Crippen LogP contribution in [-0.4, -0.2) is 25.0 Å². The number of hydrogen-bond donors (Lipinski definition) is 1. The quantitative estimate of drug-likeness (QED) is 0.777. The van der Waals surface area contributed by atoms with Gasteiger partial charge in [-0.25, -0.2) is 4.79 Å². The van der Waals surface area contributed by atoms with Gasteiger partial charge >= 0.3 is 5.63 Å². The Kier molecular flexibility index (Phi) is 2.59. The first-order chi connectivity index (χ1) is 8.66. The number of fused-ring (bicyclic) bond motifs is 1. The van der Waals surface area contributed by atoms with Crippen LogP contribution in [0, 0.1) is 0 Å². The van der Waals surface area contributed by atoms with Crippen LogP contribution < -0.4 is 11.4 Å². The number of nitrogens with two attached hydrogens (primary N) is 1. The Bertz CT molecular complexity index is 648. The highest BCUT2D eigenvalue weighted by atomic mass is 16.4. The van der Waals surface area contributed by atoms with Gasteiger partial charge in [0.2, 0.25) is 0 Å². The normalized spacial score (nSPS) is 20.6. The van der Waals surface area contributed by atoms with Crippen LogP contribution in [0.2, 0.25) is 0 Å². The molecule has 2 N–H and O–H groups in total. The molecule has 4 nitrogen and oxygen atoms in total. The van der Waals surface area contributed by atoms with Crippen molar-refractivity contribution in [2.75, 3.05) is 25.9 Å². The molecule has 1 aliphatic rings. The molecule has 1 fully saturated rings. The van der Waals surface area contributed by atoms with Gasteiger partial charge in [0.05, 0.1) is 11.3 Å². The van der Waals surface area contributed by atoms with Gasteiger partial charge in [-0.1, -0.05) is 12.1 Å². The van der Waals surface area contributed by atoms with Crippen LogP contribution >= 0.6 is 0 Å². The van der Waals surface area contributed by atoms with E-state index in [2.05, 4.69) is 11.9 Å². The number of nitrogen functional groups attached to an aromatic ring is 1. The molecule has 0 bridgehead atoms. The molecule has 0 radical (unpaired) electrons. The van der Waals surface area contributed by atoms with Gasteiger partial charge in [-0.2, -0.15) is 0 Å². The van der Waals surface area contributed by atoms with E-state index < -0.39 is 0 Å². The Morgan fingerprint density at radius 3 is 2.89 bits per heavy atom. The third-order valence-electron chi connectivity index (χ3n) is 3.69. The fraction of sp³-hybridized carbons (Fsp3) is 0.357. The van der Waals surface area contributed by atoms with Gasteiger partial charge in [0.1, 0.15) is 5.58 Å². The first-order valence-corrected chi connectivity index (χ1v) is 6.16. The molecule has 0 amide bonds. The summed E-state index contributed by atoms with van der Waals surface area (Å²) in [7, 11) is 2.05. The number of rotatable bonds is 1. The van der Waals surface area contributed by atoms with Gasteiger partial charge in [-0.05, 0) is 32.1 Å². The lowest BCUT2D eigenvalue weighted by molar-refractivity contribution is 0.410. The fourth-order valence-corrected chi connectivity index (χ4v) is 2.75. The Morgan fingerprint density at radius 1 is 1.39 bits per heavy atom. The van der Waals surface area contributed by atoms with E-state index in [0.717, 1.165) is 24.9 Å². The van der Waals surface area contributed by atoms with Gasteiger partial charge in [-0.15, -0.1) is 0 Å². The van der Waals surface area contributed by atoms with E-state index in [1.807, 2.05) is 18.2 Å². The van der Waals surface area contributed by atoms with Crippen LogP contribution in [0.3, 0.4) is 0 Å². The van der Waals surface area contributed by atoms with Crippen molar-refractivity contribution >= 4 is 16.7 Å². The first-order valence-electron chi connectivity index (χ1n) is 6.16. The van der Waals surface area contributed by atoms with Crippen molar-refractivity contribution in [3.63, 3.8) is 0 Å². The average molecular weight is 244 g/mol. The molecule has 1 saturated heterocycles. The van der Waals surface area contributed by atoms with Gasteiger partial charge < -0.3 is 15.1 Å². The number of hydrogen-bond acceptors (Lipinski definition) is 4. The van der Waals surface area contributed by atoms with Crippen LogP contribution in [0.5, 0.6) is 0 Å². The lowest BCUT2D eigenvalue weighted by Gasteiger charge is -2.13. The highest BCUT2D eigenvalue weighted by Gasteiger charge is 2.27. The summed E-state index contributed by atoms with van der Waals surface area (Å²) in [6, 6.07) is 7.42. The molecule has 18 heavy (non-hydrogen) atoms. The third kappa shape index (κ3) is 1.69. The Balaban J connectivity index is 2.20. The molecule has 0 spiro atoms. The first kappa shape index (κ1) is 11.3. The fourth-order valence-electron chi connectivity index (χ4n) is 2.75. The number of nitrogens with zero attached hydrogens (tertiary/aromatic N) is 1. The zero-order chi connectivity index (χ0) is 12.7. The Morgan fingerprint density at radius 2 is 2.17 bits per heavy atom. The molecule has 4 heteroatoms. The summed E-state index contributed by atoms with van der Waals surface area (Å²) >= 11 is 0. The summed E-state index contributed by atoms with van der Waals surface area (Å²) in [5.74, 6) is 0.191. The summed E-state index contributed by atoms with van der Waals surface area (Å²) in [6.07, 6.45) is 0.962. The molecule has 0 saturated carbocycles. The molecule has 1 aromatic heterocycles. The highest BCUT2D eigenvalue weighted by molar-refractivity contribution is 5.90. The van der Waals surface area contributed by atoms with Crippen LogP contribution in [-0.2, 0) is 0 Å². The number of likely N-dealkylation sites (tertiary alicyclic amines) is 1. The van der Waals surface area contributed by atoms with Crippen LogP contribution in [0.15, 0.2) is 33.5 Å². The lowest BCUT2D eigenvalue weighted by atomic mass is 9.97. The molecular formula is C14H16N2O2. The summed E-state index contributed by atoms with van der Waals surface area (Å²) < 4.78 is 5.37. The van der Waals surface area contributed by atoms with Crippen LogP contribution in [0.25, 0.3) is 11.0 Å². The zero-order valence-electron chi connectivity index (χ0n) is 10.3. The zero-order valence-corrected chi connectivity index (χ0v) is 10.3. The van der Waals surface area contributed by atoms with E-state index in [1.165, 1.54) is 0 Å². The Hall–Kier alpha value is -1.81. The van der Waals surface area contributed by atoms with Crippen molar-refractivity contribution in [3.8, 4) is 0 Å². The molecule has 1 unspecified atom stereocenters. The molecule has 3 rings (SSSR count). The topological polar surface area (TPSA) is 59.5 Å². The minimum Gasteiger partial charge on any atom is -0.422 e. The predicted octanol–water partition coefficient (Wildman–Crippen LogP) is 1.79. The standard InChI is InChI=1S/C14H16N2O2/c1-16-7-6-9(8-16)12-13(15)10-4-2-3-5-11(10)18-14(12)17/h2-5,9H,6-8,15H2,1H3. The molecule has 0 aliphatic carbocycles. The number of anilines is 1. The summed E-state index contributed by atoms with van der Waals surface area (Å²) in [6.45, 7) is 1.86. The lowest BCUT2D eigenvalue weighted by Crippen LogP contribution is -2.19. The van der Waals surface area contributed by atoms with Crippen molar-refractivity contribution < 1.29 is 4.42 Å². The molecule has 1 aliphatic heterocycles. The number of para-hydroxylation sites is 1. The second-order valence-electron chi connectivity index (χ2n) is 4.96. The van der Waals surface area contributed by atoms with Gasteiger partial charge in [0, 0.05) is 17.8 Å². The molecule has 1 aromatic carbocycles. The van der Waals surface area contributed by atoms with Crippen LogP contribution in [0.1, 0.15) is 17.9 Å². The van der Waals surface area contributed by atoms with Crippen molar-refractivity contribution in [1.29, 1.82) is 0 Å². The van der Waals surface area contributed by atoms with Crippen molar-refractivity contribution in [3.05, 3.63) is 40.2 Å². The largest absolute Gasteiger partial charge is 0.422 e. The summed E-state index contributed by atoms with van der Waals surface area (Å²) in [5, 5.41) is 0.835. The molecule has 2 heterocycles. The monoisotopic (exact) mass is 244 g/mol. The number of likely N-dealkylation sites (N-methyl/N-ethyl adjacent to an activating group) is 1. The average Bonchev–Trinajstić information content (AvgIpc) is 2.76.